The molecule has 8 heteroatoms. The van der Waals surface area contributed by atoms with E-state index in [0.29, 0.717) is 13.2 Å². The molecule has 1 aliphatic carbocycles. The standard InChI is InChI=1S/C25H30N4O3S/c1-2-29(15-17-6-7-19-20(14-17)32-13-12-31-19)24-23-18-4-3-5-21(18)33-25(23)27-22(26-24)16-28-8-10-30-11-9-28/h6-7,14H,2-5,8-13,15-16H2,1H3. The molecule has 0 radical (unpaired) electrons. The Bertz CT molecular complexity index is 1160. The van der Waals surface area contributed by atoms with Crippen LogP contribution < -0.4 is 14.4 Å². The van der Waals surface area contributed by atoms with Crippen molar-refractivity contribution in [3.05, 3.63) is 40.0 Å². The molecule has 7 nitrogen and oxygen atoms in total. The molecule has 0 saturated carbocycles. The molecule has 174 valence electrons. The predicted octanol–water partition coefficient (Wildman–Crippen LogP) is 3.81. The van der Waals surface area contributed by atoms with E-state index in [1.165, 1.54) is 34.2 Å². The summed E-state index contributed by atoms with van der Waals surface area (Å²) in [5.41, 5.74) is 2.68. The van der Waals surface area contributed by atoms with Crippen molar-refractivity contribution in [1.82, 2.24) is 14.9 Å². The van der Waals surface area contributed by atoms with Crippen LogP contribution in [0.2, 0.25) is 0 Å². The highest BCUT2D eigenvalue weighted by molar-refractivity contribution is 7.19. The number of anilines is 1. The monoisotopic (exact) mass is 466 g/mol. The molecule has 0 atom stereocenters. The zero-order chi connectivity index (χ0) is 22.2. The van der Waals surface area contributed by atoms with E-state index >= 15 is 0 Å². The molecule has 2 aliphatic heterocycles. The van der Waals surface area contributed by atoms with E-state index in [2.05, 4.69) is 28.9 Å². The number of hydrogen-bond acceptors (Lipinski definition) is 8. The molecule has 1 aromatic carbocycles. The summed E-state index contributed by atoms with van der Waals surface area (Å²) in [7, 11) is 0. The Hall–Kier alpha value is -2.42. The molecule has 33 heavy (non-hydrogen) atoms. The van der Waals surface area contributed by atoms with Gasteiger partial charge in [0.1, 0.15) is 29.7 Å². The number of rotatable bonds is 6. The molecule has 0 bridgehead atoms. The van der Waals surface area contributed by atoms with Crippen LogP contribution in [0.5, 0.6) is 11.5 Å². The Morgan fingerprint density at radius 3 is 2.73 bits per heavy atom. The number of ether oxygens (including phenoxy) is 3. The van der Waals surface area contributed by atoms with E-state index in [9.17, 15) is 0 Å². The highest BCUT2D eigenvalue weighted by Gasteiger charge is 2.25. The van der Waals surface area contributed by atoms with Gasteiger partial charge in [-0.3, -0.25) is 4.90 Å². The molecule has 0 unspecified atom stereocenters. The van der Waals surface area contributed by atoms with Crippen molar-refractivity contribution in [2.75, 3.05) is 51.0 Å². The molecule has 3 aliphatic rings. The van der Waals surface area contributed by atoms with E-state index in [1.54, 1.807) is 0 Å². The quantitative estimate of drug-likeness (QED) is 0.547. The lowest BCUT2D eigenvalue weighted by molar-refractivity contribution is 0.0331. The Kier molecular flexibility index (Phi) is 5.82. The molecular formula is C25H30N4O3S. The van der Waals surface area contributed by atoms with Crippen molar-refractivity contribution in [3.63, 3.8) is 0 Å². The average molecular weight is 467 g/mol. The van der Waals surface area contributed by atoms with Gasteiger partial charge < -0.3 is 19.1 Å². The molecule has 4 heterocycles. The van der Waals surface area contributed by atoms with E-state index in [-0.39, 0.29) is 0 Å². The Labute approximate surface area is 198 Å². The van der Waals surface area contributed by atoms with E-state index in [0.717, 1.165) is 80.3 Å². The first-order chi connectivity index (χ1) is 16.3. The van der Waals surface area contributed by atoms with Gasteiger partial charge in [-0.25, -0.2) is 9.97 Å². The minimum Gasteiger partial charge on any atom is -0.486 e. The van der Waals surface area contributed by atoms with Gasteiger partial charge >= 0.3 is 0 Å². The van der Waals surface area contributed by atoms with Crippen LogP contribution in [-0.2, 0) is 30.7 Å². The summed E-state index contributed by atoms with van der Waals surface area (Å²) in [6, 6.07) is 6.28. The van der Waals surface area contributed by atoms with Crippen molar-refractivity contribution in [3.8, 4) is 11.5 Å². The lowest BCUT2D eigenvalue weighted by Gasteiger charge is -2.27. The van der Waals surface area contributed by atoms with Crippen molar-refractivity contribution in [1.29, 1.82) is 0 Å². The topological polar surface area (TPSA) is 60.0 Å². The lowest BCUT2D eigenvalue weighted by atomic mass is 10.1. The summed E-state index contributed by atoms with van der Waals surface area (Å²) in [5.74, 6) is 3.67. The van der Waals surface area contributed by atoms with Crippen LogP contribution in [0.4, 0.5) is 5.82 Å². The highest BCUT2D eigenvalue weighted by Crippen LogP contribution is 2.41. The normalized spacial score (nSPS) is 18.0. The van der Waals surface area contributed by atoms with Gasteiger partial charge in [0.05, 0.1) is 25.1 Å². The first-order valence-corrected chi connectivity index (χ1v) is 12.8. The number of hydrogen-bond donors (Lipinski definition) is 0. The molecule has 1 fully saturated rings. The maximum atomic E-state index is 5.82. The van der Waals surface area contributed by atoms with Crippen LogP contribution in [-0.4, -0.2) is 60.9 Å². The molecule has 3 aromatic rings. The molecular weight excluding hydrogens is 436 g/mol. The third-order valence-electron chi connectivity index (χ3n) is 6.72. The Morgan fingerprint density at radius 2 is 1.88 bits per heavy atom. The Morgan fingerprint density at radius 1 is 1.03 bits per heavy atom. The van der Waals surface area contributed by atoms with Crippen LogP contribution in [0, 0.1) is 0 Å². The average Bonchev–Trinajstić information content (AvgIpc) is 3.44. The van der Waals surface area contributed by atoms with Gasteiger partial charge in [-0.05, 0) is 49.4 Å². The van der Waals surface area contributed by atoms with Gasteiger partial charge in [0.25, 0.3) is 0 Å². The maximum absolute atomic E-state index is 5.82. The minimum atomic E-state index is 0.604. The van der Waals surface area contributed by atoms with Gasteiger partial charge in [-0.1, -0.05) is 6.07 Å². The van der Waals surface area contributed by atoms with Crippen LogP contribution in [0.25, 0.3) is 10.2 Å². The van der Waals surface area contributed by atoms with E-state index in [1.807, 2.05) is 17.4 Å². The fourth-order valence-corrected chi connectivity index (χ4v) is 6.30. The van der Waals surface area contributed by atoms with Crippen molar-refractivity contribution < 1.29 is 14.2 Å². The van der Waals surface area contributed by atoms with Crippen molar-refractivity contribution in [2.45, 2.75) is 39.3 Å². The summed E-state index contributed by atoms with van der Waals surface area (Å²) in [6.07, 6.45) is 3.54. The van der Waals surface area contributed by atoms with Crippen molar-refractivity contribution >= 4 is 27.4 Å². The van der Waals surface area contributed by atoms with Gasteiger partial charge in [-0.15, -0.1) is 11.3 Å². The number of aromatic nitrogens is 2. The molecule has 0 N–H and O–H groups in total. The van der Waals surface area contributed by atoms with Gasteiger partial charge in [0.2, 0.25) is 0 Å². The molecule has 0 amide bonds. The second-order valence-corrected chi connectivity index (χ2v) is 9.97. The van der Waals surface area contributed by atoms with Gasteiger partial charge in [0, 0.05) is 31.1 Å². The number of fused-ring (bicyclic) bond motifs is 4. The third kappa shape index (κ3) is 4.16. The first kappa shape index (κ1) is 21.1. The molecule has 2 aromatic heterocycles. The summed E-state index contributed by atoms with van der Waals surface area (Å²) in [5, 5.41) is 1.28. The number of nitrogens with zero attached hydrogens (tertiary/aromatic N) is 4. The predicted molar refractivity (Wildman–Crippen MR) is 130 cm³/mol. The SMILES string of the molecule is CCN(Cc1ccc2c(c1)OCCO2)c1nc(CN2CCOCC2)nc2sc3c(c12)CCC3. The fraction of sp³-hybridized carbons (Fsp3) is 0.520. The summed E-state index contributed by atoms with van der Waals surface area (Å²) >= 11 is 1.87. The number of thiophene rings is 1. The van der Waals surface area contributed by atoms with Crippen LogP contribution in [0.15, 0.2) is 18.2 Å². The number of benzene rings is 1. The lowest BCUT2D eigenvalue weighted by Crippen LogP contribution is -2.36. The summed E-state index contributed by atoms with van der Waals surface area (Å²) < 4.78 is 17.1. The maximum Gasteiger partial charge on any atom is 0.161 e. The smallest absolute Gasteiger partial charge is 0.161 e. The first-order valence-electron chi connectivity index (χ1n) is 12.0. The third-order valence-corrected chi connectivity index (χ3v) is 7.91. The second-order valence-electron chi connectivity index (χ2n) is 8.88. The molecule has 6 rings (SSSR count). The fourth-order valence-electron chi connectivity index (χ4n) is 5.02. The van der Waals surface area contributed by atoms with Gasteiger partial charge in [0.15, 0.2) is 11.5 Å². The number of morpholine rings is 1. The number of aryl methyl sites for hydroxylation is 2. The zero-order valence-electron chi connectivity index (χ0n) is 19.1. The summed E-state index contributed by atoms with van der Waals surface area (Å²) in [4.78, 5) is 17.7. The van der Waals surface area contributed by atoms with E-state index in [4.69, 9.17) is 24.2 Å². The Balaban J connectivity index is 1.36. The van der Waals surface area contributed by atoms with Crippen LogP contribution in [0.3, 0.4) is 0 Å². The molecule has 0 spiro atoms. The van der Waals surface area contributed by atoms with Gasteiger partial charge in [-0.2, -0.15) is 0 Å². The largest absolute Gasteiger partial charge is 0.486 e. The second kappa shape index (κ2) is 9.08. The zero-order valence-corrected chi connectivity index (χ0v) is 20.0. The highest BCUT2D eigenvalue weighted by atomic mass is 32.1. The molecule has 1 saturated heterocycles. The van der Waals surface area contributed by atoms with Crippen LogP contribution in [0.1, 0.15) is 35.2 Å². The van der Waals surface area contributed by atoms with Crippen molar-refractivity contribution in [2.24, 2.45) is 0 Å². The summed E-state index contributed by atoms with van der Waals surface area (Å²) in [6.45, 7) is 9.30. The minimum absolute atomic E-state index is 0.604. The van der Waals surface area contributed by atoms with E-state index < -0.39 is 0 Å². The van der Waals surface area contributed by atoms with Crippen LogP contribution >= 0.6 is 11.3 Å².